The predicted octanol–water partition coefficient (Wildman–Crippen LogP) is 7.46. The van der Waals surface area contributed by atoms with Gasteiger partial charge < -0.3 is 23.7 Å². The minimum absolute atomic E-state index is 0.102. The normalized spacial score (nSPS) is 31.4. The number of carbonyl (C=O) groups excluding carboxylic acids is 2. The number of hydrogen-bond donors (Lipinski definition) is 0. The Hall–Kier alpha value is -1.18. The first-order valence-electron chi connectivity index (χ1n) is 17.4. The summed E-state index contributed by atoms with van der Waals surface area (Å²) >= 11 is 0. The summed E-state index contributed by atoms with van der Waals surface area (Å²) in [5.74, 6) is -1.40. The molecule has 8 unspecified atom stereocenters. The molecule has 4 fully saturated rings. The highest BCUT2D eigenvalue weighted by molar-refractivity contribution is 5.82. The molecule has 0 bridgehead atoms. The molecule has 236 valence electrons. The van der Waals surface area contributed by atoms with Crippen molar-refractivity contribution in [3.63, 3.8) is 0 Å². The number of epoxide rings is 3. The molecule has 7 nitrogen and oxygen atoms in total. The van der Waals surface area contributed by atoms with Gasteiger partial charge in [0.1, 0.15) is 0 Å². The smallest absolute Gasteiger partial charge is 0.309 e. The second kappa shape index (κ2) is 17.8. The van der Waals surface area contributed by atoms with Gasteiger partial charge in [0.25, 0.3) is 0 Å². The highest BCUT2D eigenvalue weighted by Crippen LogP contribution is 2.44. The molecular weight excluding hydrogens is 520 g/mol. The molecule has 1 aliphatic carbocycles. The fourth-order valence-electron chi connectivity index (χ4n) is 6.67. The molecular formula is C34H58O7. The maximum Gasteiger partial charge on any atom is 0.309 e. The second-order valence-electron chi connectivity index (χ2n) is 13.1. The highest BCUT2D eigenvalue weighted by Gasteiger charge is 2.53. The molecule has 3 heterocycles. The van der Waals surface area contributed by atoms with Crippen LogP contribution in [0.2, 0.25) is 0 Å². The number of rotatable bonds is 24. The SMILES string of the molecule is CCCCCCC1OC1CCCCCOC(=O)C1CC2OC2CC1C(=O)OCCCCCC1OC1CCCCCC. The van der Waals surface area contributed by atoms with Crippen molar-refractivity contribution >= 4 is 11.9 Å². The van der Waals surface area contributed by atoms with E-state index in [1.807, 2.05) is 0 Å². The zero-order valence-corrected chi connectivity index (χ0v) is 26.0. The monoisotopic (exact) mass is 578 g/mol. The summed E-state index contributed by atoms with van der Waals surface area (Å²) in [6.07, 6.45) is 24.2. The Labute approximate surface area is 249 Å². The van der Waals surface area contributed by atoms with Crippen LogP contribution in [0.5, 0.6) is 0 Å². The maximum atomic E-state index is 12.9. The van der Waals surface area contributed by atoms with E-state index in [-0.39, 0.29) is 24.1 Å². The van der Waals surface area contributed by atoms with Gasteiger partial charge in [0.15, 0.2) is 0 Å². The molecule has 0 amide bonds. The van der Waals surface area contributed by atoms with Crippen LogP contribution in [0, 0.1) is 11.8 Å². The van der Waals surface area contributed by atoms with Crippen LogP contribution >= 0.6 is 0 Å². The number of unbranched alkanes of at least 4 members (excludes halogenated alkanes) is 10. The van der Waals surface area contributed by atoms with Gasteiger partial charge in [0, 0.05) is 0 Å². The van der Waals surface area contributed by atoms with Gasteiger partial charge in [-0.25, -0.2) is 0 Å². The molecule has 0 N–H and O–H groups in total. The Morgan fingerprint density at radius 3 is 1.24 bits per heavy atom. The Kier molecular flexibility index (Phi) is 14.2. The van der Waals surface area contributed by atoms with Gasteiger partial charge >= 0.3 is 11.9 Å². The lowest BCUT2D eigenvalue weighted by molar-refractivity contribution is -0.162. The first-order valence-corrected chi connectivity index (χ1v) is 17.4. The van der Waals surface area contributed by atoms with E-state index >= 15 is 0 Å². The van der Waals surface area contributed by atoms with Crippen molar-refractivity contribution < 1.29 is 33.3 Å². The van der Waals surface area contributed by atoms with Gasteiger partial charge in [-0.05, 0) is 64.2 Å². The van der Waals surface area contributed by atoms with Gasteiger partial charge in [-0.15, -0.1) is 0 Å². The molecule has 4 aliphatic rings. The Morgan fingerprint density at radius 2 is 0.878 bits per heavy atom. The van der Waals surface area contributed by atoms with E-state index in [9.17, 15) is 9.59 Å². The lowest BCUT2D eigenvalue weighted by Crippen LogP contribution is -2.37. The minimum atomic E-state index is -0.444. The van der Waals surface area contributed by atoms with Gasteiger partial charge in [0.2, 0.25) is 0 Å². The fraction of sp³-hybridized carbons (Fsp3) is 0.941. The summed E-state index contributed by atoms with van der Waals surface area (Å²) in [5.41, 5.74) is 0. The van der Waals surface area contributed by atoms with Crippen molar-refractivity contribution in [2.24, 2.45) is 11.8 Å². The number of fused-ring (bicyclic) bond motifs is 1. The average Bonchev–Trinajstić information content (AvgIpc) is 3.88. The van der Waals surface area contributed by atoms with Crippen LogP contribution in [0.25, 0.3) is 0 Å². The third-order valence-electron chi connectivity index (χ3n) is 9.57. The number of esters is 2. The van der Waals surface area contributed by atoms with Gasteiger partial charge in [0.05, 0.1) is 61.7 Å². The topological polar surface area (TPSA) is 90.2 Å². The van der Waals surface area contributed by atoms with Crippen LogP contribution in [-0.4, -0.2) is 61.8 Å². The quantitative estimate of drug-likeness (QED) is 0.0667. The molecule has 1 saturated carbocycles. The molecule has 3 saturated heterocycles. The average molecular weight is 579 g/mol. The Bertz CT molecular complexity index is 710. The summed E-state index contributed by atoms with van der Waals surface area (Å²) in [5, 5.41) is 0. The molecule has 0 aromatic carbocycles. The summed E-state index contributed by atoms with van der Waals surface area (Å²) < 4.78 is 28.5. The summed E-state index contributed by atoms with van der Waals surface area (Å²) in [7, 11) is 0. The van der Waals surface area contributed by atoms with Crippen molar-refractivity contribution in [2.45, 2.75) is 179 Å². The van der Waals surface area contributed by atoms with Crippen LogP contribution in [0.4, 0.5) is 0 Å². The first kappa shape index (κ1) is 32.7. The fourth-order valence-corrected chi connectivity index (χ4v) is 6.67. The van der Waals surface area contributed by atoms with Crippen LogP contribution in [0.1, 0.15) is 142 Å². The van der Waals surface area contributed by atoms with Crippen molar-refractivity contribution in [1.82, 2.24) is 0 Å². The molecule has 41 heavy (non-hydrogen) atoms. The van der Waals surface area contributed by atoms with Gasteiger partial charge in [-0.3, -0.25) is 9.59 Å². The molecule has 8 atom stereocenters. The Morgan fingerprint density at radius 1 is 0.512 bits per heavy atom. The third kappa shape index (κ3) is 11.8. The van der Waals surface area contributed by atoms with Crippen molar-refractivity contribution in [3.8, 4) is 0 Å². The lowest BCUT2D eigenvalue weighted by atomic mass is 9.79. The zero-order chi connectivity index (χ0) is 28.9. The Balaban J connectivity index is 1.01. The molecule has 0 spiro atoms. The summed E-state index contributed by atoms with van der Waals surface area (Å²) in [6.45, 7) is 5.32. The van der Waals surface area contributed by atoms with Crippen molar-refractivity contribution in [3.05, 3.63) is 0 Å². The maximum absolute atomic E-state index is 12.9. The first-order chi connectivity index (χ1) is 20.1. The molecule has 4 rings (SSSR count). The van der Waals surface area contributed by atoms with Crippen LogP contribution in [0.15, 0.2) is 0 Å². The number of ether oxygens (including phenoxy) is 5. The van der Waals surface area contributed by atoms with Crippen LogP contribution in [0.3, 0.4) is 0 Å². The zero-order valence-electron chi connectivity index (χ0n) is 26.0. The molecule has 0 aromatic rings. The van der Waals surface area contributed by atoms with Gasteiger partial charge in [-0.1, -0.05) is 78.1 Å². The lowest BCUT2D eigenvalue weighted by Gasteiger charge is -2.26. The van der Waals surface area contributed by atoms with E-state index in [1.165, 1.54) is 64.2 Å². The van der Waals surface area contributed by atoms with E-state index in [0.29, 0.717) is 50.5 Å². The van der Waals surface area contributed by atoms with Crippen LogP contribution < -0.4 is 0 Å². The van der Waals surface area contributed by atoms with E-state index in [1.54, 1.807) is 0 Å². The molecule has 0 radical (unpaired) electrons. The molecule has 0 aromatic heterocycles. The van der Waals surface area contributed by atoms with Crippen LogP contribution in [-0.2, 0) is 33.3 Å². The molecule has 7 heteroatoms. The van der Waals surface area contributed by atoms with Crippen molar-refractivity contribution in [1.29, 1.82) is 0 Å². The molecule has 3 aliphatic heterocycles. The third-order valence-corrected chi connectivity index (χ3v) is 9.57. The standard InChI is InChI=1S/C34H58O7/c1-3-5-7-11-17-27-29(39-27)19-13-9-15-21-37-33(35)25-23-31-32(41-31)24-26(25)34(36)38-22-16-10-14-20-30-28(40-30)18-12-8-6-4-2/h25-32H,3-24H2,1-2H3. The minimum Gasteiger partial charge on any atom is -0.465 e. The van der Waals surface area contributed by atoms with Crippen molar-refractivity contribution in [2.75, 3.05) is 13.2 Å². The van der Waals surface area contributed by atoms with E-state index in [2.05, 4.69) is 13.8 Å². The van der Waals surface area contributed by atoms with E-state index in [0.717, 1.165) is 51.4 Å². The summed E-state index contributed by atoms with van der Waals surface area (Å²) in [6, 6.07) is 0. The largest absolute Gasteiger partial charge is 0.465 e. The van der Waals surface area contributed by atoms with E-state index < -0.39 is 11.8 Å². The number of carbonyl (C=O) groups is 2. The second-order valence-corrected chi connectivity index (χ2v) is 13.1. The number of hydrogen-bond acceptors (Lipinski definition) is 7. The predicted molar refractivity (Wildman–Crippen MR) is 159 cm³/mol. The highest BCUT2D eigenvalue weighted by atomic mass is 16.6. The van der Waals surface area contributed by atoms with E-state index in [4.69, 9.17) is 23.7 Å². The van der Waals surface area contributed by atoms with Gasteiger partial charge in [-0.2, -0.15) is 0 Å². The summed E-state index contributed by atoms with van der Waals surface area (Å²) in [4.78, 5) is 25.8.